The molecule has 1 saturated heterocycles. The van der Waals surface area contributed by atoms with Crippen LogP contribution in [0.2, 0.25) is 0 Å². The van der Waals surface area contributed by atoms with Crippen molar-refractivity contribution >= 4 is 27.5 Å². The Morgan fingerprint density at radius 2 is 2.16 bits per heavy atom. The highest BCUT2D eigenvalue weighted by atomic mass is 32.2. The first-order valence-corrected chi connectivity index (χ1v) is 9.05. The first-order valence-electron chi connectivity index (χ1n) is 6.41. The molecule has 0 bridgehead atoms. The van der Waals surface area contributed by atoms with E-state index in [2.05, 4.69) is 10.0 Å². The van der Waals surface area contributed by atoms with Gasteiger partial charge in [-0.05, 0) is 50.3 Å². The number of hydrogen-bond donors (Lipinski definition) is 2. The maximum Gasteiger partial charge on any atom is 0.240 e. The van der Waals surface area contributed by atoms with Crippen LogP contribution in [0.25, 0.3) is 0 Å². The van der Waals surface area contributed by atoms with Crippen LogP contribution in [-0.4, -0.2) is 33.0 Å². The Bertz CT molecular complexity index is 538. The van der Waals surface area contributed by atoms with Crippen molar-refractivity contribution in [3.63, 3.8) is 0 Å². The maximum atomic E-state index is 11.9. The smallest absolute Gasteiger partial charge is 0.240 e. The van der Waals surface area contributed by atoms with Crippen LogP contribution in [0.5, 0.6) is 0 Å². The molecule has 0 spiro atoms. The van der Waals surface area contributed by atoms with Gasteiger partial charge in [-0.1, -0.05) is 6.07 Å². The van der Waals surface area contributed by atoms with Crippen molar-refractivity contribution in [2.24, 2.45) is 0 Å². The second-order valence-corrected chi connectivity index (χ2v) is 7.75. The molecule has 1 aliphatic rings. The predicted molar refractivity (Wildman–Crippen MR) is 81.4 cm³/mol. The second kappa shape index (κ2) is 6.15. The van der Waals surface area contributed by atoms with Crippen molar-refractivity contribution < 1.29 is 8.42 Å². The van der Waals surface area contributed by atoms with Crippen molar-refractivity contribution in [3.05, 3.63) is 23.8 Å². The average molecular weight is 300 g/mol. The van der Waals surface area contributed by atoms with Gasteiger partial charge in [-0.15, -0.1) is 0 Å². The van der Waals surface area contributed by atoms with E-state index in [4.69, 9.17) is 0 Å². The summed E-state index contributed by atoms with van der Waals surface area (Å²) in [6, 6.07) is 5.96. The normalized spacial score (nSPS) is 20.2. The molecule has 4 nitrogen and oxygen atoms in total. The van der Waals surface area contributed by atoms with Crippen LogP contribution in [0.4, 0.5) is 5.69 Å². The lowest BCUT2D eigenvalue weighted by Gasteiger charge is -2.24. The molecule has 1 atom stereocenters. The molecule has 0 amide bonds. The third-order valence-electron chi connectivity index (χ3n) is 3.28. The fraction of sp³-hybridized carbons (Fsp3) is 0.538. The molecular weight excluding hydrogens is 280 g/mol. The van der Waals surface area contributed by atoms with Crippen molar-refractivity contribution in [3.8, 4) is 0 Å². The monoisotopic (exact) mass is 300 g/mol. The Morgan fingerprint density at radius 1 is 1.37 bits per heavy atom. The predicted octanol–water partition coefficient (Wildman–Crippen LogP) is 2.21. The minimum Gasteiger partial charge on any atom is -0.381 e. The third-order valence-corrected chi connectivity index (χ3v) is 6.05. The summed E-state index contributed by atoms with van der Waals surface area (Å²) in [6.45, 7) is 1.81. The first-order chi connectivity index (χ1) is 9.03. The molecule has 0 aromatic heterocycles. The Kier molecular flexibility index (Phi) is 4.76. The van der Waals surface area contributed by atoms with Crippen molar-refractivity contribution in [2.75, 3.05) is 23.9 Å². The van der Waals surface area contributed by atoms with E-state index in [1.165, 1.54) is 19.2 Å². The van der Waals surface area contributed by atoms with Gasteiger partial charge in [0.2, 0.25) is 10.0 Å². The van der Waals surface area contributed by atoms with E-state index in [1.807, 2.05) is 30.8 Å². The fourth-order valence-electron chi connectivity index (χ4n) is 2.18. The largest absolute Gasteiger partial charge is 0.381 e. The molecule has 2 rings (SSSR count). The van der Waals surface area contributed by atoms with Gasteiger partial charge in [0.25, 0.3) is 0 Å². The minimum atomic E-state index is -3.39. The summed E-state index contributed by atoms with van der Waals surface area (Å²) in [4.78, 5) is 0.350. The summed E-state index contributed by atoms with van der Waals surface area (Å²) in [5.41, 5.74) is 1.64. The van der Waals surface area contributed by atoms with Crippen LogP contribution < -0.4 is 10.0 Å². The van der Waals surface area contributed by atoms with Gasteiger partial charge >= 0.3 is 0 Å². The topological polar surface area (TPSA) is 58.2 Å². The van der Waals surface area contributed by atoms with Crippen LogP contribution in [-0.2, 0) is 10.0 Å². The number of hydrogen-bond acceptors (Lipinski definition) is 4. The summed E-state index contributed by atoms with van der Waals surface area (Å²) < 4.78 is 26.2. The van der Waals surface area contributed by atoms with E-state index >= 15 is 0 Å². The SMILES string of the molecule is CNS(=O)(=O)c1cc(NC2CCCSC2)ccc1C. The minimum absolute atomic E-state index is 0.350. The summed E-state index contributed by atoms with van der Waals surface area (Å²) in [5.74, 6) is 2.31. The molecule has 1 aromatic carbocycles. The Balaban J connectivity index is 2.21. The van der Waals surface area contributed by atoms with Crippen molar-refractivity contribution in [1.29, 1.82) is 0 Å². The average Bonchev–Trinajstić information content (AvgIpc) is 2.42. The Labute approximate surface area is 119 Å². The number of sulfonamides is 1. The third kappa shape index (κ3) is 3.64. The zero-order chi connectivity index (χ0) is 13.9. The second-order valence-electron chi connectivity index (χ2n) is 4.75. The van der Waals surface area contributed by atoms with E-state index in [1.54, 1.807) is 6.07 Å². The van der Waals surface area contributed by atoms with Crippen LogP contribution >= 0.6 is 11.8 Å². The summed E-state index contributed by atoms with van der Waals surface area (Å²) in [5, 5.41) is 3.43. The van der Waals surface area contributed by atoms with E-state index < -0.39 is 10.0 Å². The number of rotatable bonds is 4. The van der Waals surface area contributed by atoms with Crippen LogP contribution in [0, 0.1) is 6.92 Å². The first kappa shape index (κ1) is 14.7. The lowest BCUT2D eigenvalue weighted by atomic mass is 10.1. The van der Waals surface area contributed by atoms with Gasteiger partial charge < -0.3 is 5.32 Å². The highest BCUT2D eigenvalue weighted by Crippen LogP contribution is 2.24. The summed E-state index contributed by atoms with van der Waals surface area (Å²) in [6.07, 6.45) is 2.37. The zero-order valence-electron chi connectivity index (χ0n) is 11.3. The van der Waals surface area contributed by atoms with Gasteiger partial charge in [0.05, 0.1) is 4.90 Å². The highest BCUT2D eigenvalue weighted by molar-refractivity contribution is 7.99. The van der Waals surface area contributed by atoms with E-state index in [0.29, 0.717) is 10.9 Å². The summed E-state index contributed by atoms with van der Waals surface area (Å²) in [7, 11) is -1.95. The Morgan fingerprint density at radius 3 is 2.79 bits per heavy atom. The molecule has 0 radical (unpaired) electrons. The molecule has 1 aromatic rings. The highest BCUT2D eigenvalue weighted by Gasteiger charge is 2.17. The van der Waals surface area contributed by atoms with Gasteiger partial charge in [0, 0.05) is 17.5 Å². The molecular formula is C13H20N2O2S2. The lowest BCUT2D eigenvalue weighted by Crippen LogP contribution is -2.26. The van der Waals surface area contributed by atoms with Gasteiger partial charge in [-0.2, -0.15) is 11.8 Å². The molecule has 1 fully saturated rings. The van der Waals surface area contributed by atoms with Gasteiger partial charge in [-0.3, -0.25) is 0 Å². The zero-order valence-corrected chi connectivity index (χ0v) is 12.9. The standard InChI is InChI=1S/C13H20N2O2S2/c1-10-5-6-11(8-13(10)19(16,17)14-2)15-12-4-3-7-18-9-12/h5-6,8,12,14-15H,3-4,7,9H2,1-2H3. The maximum absolute atomic E-state index is 11.9. The van der Waals surface area contributed by atoms with Gasteiger partial charge in [0.1, 0.15) is 0 Å². The van der Waals surface area contributed by atoms with E-state index in [9.17, 15) is 8.42 Å². The molecule has 0 aliphatic carbocycles. The number of benzene rings is 1. The molecule has 6 heteroatoms. The van der Waals surface area contributed by atoms with E-state index in [-0.39, 0.29) is 0 Å². The molecule has 1 heterocycles. The molecule has 19 heavy (non-hydrogen) atoms. The molecule has 1 unspecified atom stereocenters. The number of anilines is 1. The summed E-state index contributed by atoms with van der Waals surface area (Å²) >= 11 is 1.95. The van der Waals surface area contributed by atoms with Gasteiger partial charge in [-0.25, -0.2) is 13.1 Å². The quantitative estimate of drug-likeness (QED) is 0.895. The van der Waals surface area contributed by atoms with Crippen LogP contribution in [0.15, 0.2) is 23.1 Å². The number of nitrogens with one attached hydrogen (secondary N) is 2. The number of thioether (sulfide) groups is 1. The lowest BCUT2D eigenvalue weighted by molar-refractivity contribution is 0.587. The van der Waals surface area contributed by atoms with Crippen LogP contribution in [0.1, 0.15) is 18.4 Å². The number of aryl methyl sites for hydroxylation is 1. The van der Waals surface area contributed by atoms with E-state index in [0.717, 1.165) is 23.4 Å². The molecule has 106 valence electrons. The van der Waals surface area contributed by atoms with Gasteiger partial charge in [0.15, 0.2) is 0 Å². The Hall–Kier alpha value is -0.720. The van der Waals surface area contributed by atoms with Crippen LogP contribution in [0.3, 0.4) is 0 Å². The fourth-order valence-corrected chi connectivity index (χ4v) is 4.25. The molecule has 0 saturated carbocycles. The molecule has 1 aliphatic heterocycles. The van der Waals surface area contributed by atoms with Crippen molar-refractivity contribution in [2.45, 2.75) is 30.7 Å². The van der Waals surface area contributed by atoms with Crippen molar-refractivity contribution in [1.82, 2.24) is 4.72 Å². The molecule has 2 N–H and O–H groups in total.